The second-order valence-electron chi connectivity index (χ2n) is 4.11. The van der Waals surface area contributed by atoms with Crippen LogP contribution >= 0.6 is 11.8 Å². The maximum atomic E-state index is 12.8. The SMILES string of the molecule is NC(c1cnccc1C(F)(F)F)C1CCSC1. The Labute approximate surface area is 102 Å². The molecule has 2 rings (SSSR count). The fourth-order valence-electron chi connectivity index (χ4n) is 2.02. The van der Waals surface area contributed by atoms with Gasteiger partial charge in [-0.3, -0.25) is 4.98 Å². The highest BCUT2D eigenvalue weighted by molar-refractivity contribution is 7.99. The number of pyridine rings is 1. The predicted molar refractivity (Wildman–Crippen MR) is 61.6 cm³/mol. The zero-order chi connectivity index (χ0) is 12.5. The highest BCUT2D eigenvalue weighted by Crippen LogP contribution is 2.38. The van der Waals surface area contributed by atoms with Gasteiger partial charge in [0.15, 0.2) is 0 Å². The van der Waals surface area contributed by atoms with Crippen molar-refractivity contribution in [3.63, 3.8) is 0 Å². The van der Waals surface area contributed by atoms with Crippen LogP contribution in [-0.4, -0.2) is 16.5 Å². The lowest BCUT2D eigenvalue weighted by Gasteiger charge is -2.22. The second-order valence-corrected chi connectivity index (χ2v) is 5.26. The molecule has 1 aromatic rings. The number of halogens is 3. The number of alkyl halides is 3. The van der Waals surface area contributed by atoms with E-state index in [4.69, 9.17) is 5.73 Å². The Kier molecular flexibility index (Phi) is 3.63. The molecule has 17 heavy (non-hydrogen) atoms. The molecule has 2 atom stereocenters. The molecule has 0 aromatic carbocycles. The Bertz CT molecular complexity index is 389. The van der Waals surface area contributed by atoms with Crippen molar-refractivity contribution in [1.82, 2.24) is 4.98 Å². The van der Waals surface area contributed by atoms with Crippen LogP contribution in [0.15, 0.2) is 18.5 Å². The van der Waals surface area contributed by atoms with Crippen LogP contribution in [-0.2, 0) is 6.18 Å². The van der Waals surface area contributed by atoms with Gasteiger partial charge in [0.2, 0.25) is 0 Å². The number of thioether (sulfide) groups is 1. The Morgan fingerprint density at radius 2 is 2.24 bits per heavy atom. The first-order valence-corrected chi connectivity index (χ1v) is 6.50. The molecule has 1 aliphatic heterocycles. The van der Waals surface area contributed by atoms with Crippen molar-refractivity contribution in [2.45, 2.75) is 18.6 Å². The minimum absolute atomic E-state index is 0.116. The van der Waals surface area contributed by atoms with Crippen molar-refractivity contribution < 1.29 is 13.2 Å². The van der Waals surface area contributed by atoms with E-state index in [1.165, 1.54) is 6.20 Å². The Morgan fingerprint density at radius 3 is 2.82 bits per heavy atom. The topological polar surface area (TPSA) is 38.9 Å². The number of nitrogens with zero attached hydrogens (tertiary/aromatic N) is 1. The van der Waals surface area contributed by atoms with Crippen molar-refractivity contribution in [3.8, 4) is 0 Å². The van der Waals surface area contributed by atoms with E-state index in [1.807, 2.05) is 0 Å². The van der Waals surface area contributed by atoms with Gasteiger partial charge in [-0.15, -0.1) is 0 Å². The molecule has 2 nitrogen and oxygen atoms in total. The van der Waals surface area contributed by atoms with E-state index in [2.05, 4.69) is 4.98 Å². The predicted octanol–water partition coefficient (Wildman–Crippen LogP) is 2.85. The summed E-state index contributed by atoms with van der Waals surface area (Å²) in [5, 5.41) is 0. The maximum Gasteiger partial charge on any atom is 0.416 e. The summed E-state index contributed by atoms with van der Waals surface area (Å²) < 4.78 is 38.4. The van der Waals surface area contributed by atoms with Gasteiger partial charge in [0, 0.05) is 18.4 Å². The molecular formula is C11H13F3N2S. The van der Waals surface area contributed by atoms with Crippen LogP contribution in [0, 0.1) is 5.92 Å². The molecule has 0 spiro atoms. The Morgan fingerprint density at radius 1 is 1.47 bits per heavy atom. The molecule has 1 aromatic heterocycles. The minimum Gasteiger partial charge on any atom is -0.324 e. The first kappa shape index (κ1) is 12.7. The number of hydrogen-bond acceptors (Lipinski definition) is 3. The molecule has 94 valence electrons. The third-order valence-electron chi connectivity index (χ3n) is 2.99. The first-order chi connectivity index (χ1) is 8.00. The van der Waals surface area contributed by atoms with Crippen LogP contribution in [0.2, 0.25) is 0 Å². The van der Waals surface area contributed by atoms with Crippen LogP contribution in [0.3, 0.4) is 0 Å². The fourth-order valence-corrected chi connectivity index (χ4v) is 3.33. The van der Waals surface area contributed by atoms with E-state index >= 15 is 0 Å². The number of aromatic nitrogens is 1. The highest BCUT2D eigenvalue weighted by Gasteiger charge is 2.36. The lowest BCUT2D eigenvalue weighted by molar-refractivity contribution is -0.138. The summed E-state index contributed by atoms with van der Waals surface area (Å²) in [6, 6.07) is 0.424. The van der Waals surface area contributed by atoms with Crippen molar-refractivity contribution in [2.75, 3.05) is 11.5 Å². The molecule has 0 bridgehead atoms. The molecule has 1 aliphatic rings. The molecule has 6 heteroatoms. The van der Waals surface area contributed by atoms with Gasteiger partial charge in [-0.25, -0.2) is 0 Å². The molecule has 2 N–H and O–H groups in total. The van der Waals surface area contributed by atoms with Gasteiger partial charge < -0.3 is 5.73 Å². The average Bonchev–Trinajstić information content (AvgIpc) is 2.80. The van der Waals surface area contributed by atoms with Crippen molar-refractivity contribution in [1.29, 1.82) is 0 Å². The van der Waals surface area contributed by atoms with Gasteiger partial charge in [0.1, 0.15) is 0 Å². The van der Waals surface area contributed by atoms with E-state index in [0.29, 0.717) is 0 Å². The Balaban J connectivity index is 2.31. The van der Waals surface area contributed by atoms with Gasteiger partial charge in [-0.2, -0.15) is 24.9 Å². The number of rotatable bonds is 2. The van der Waals surface area contributed by atoms with Crippen LogP contribution in [0.4, 0.5) is 13.2 Å². The van der Waals surface area contributed by atoms with E-state index in [9.17, 15) is 13.2 Å². The largest absolute Gasteiger partial charge is 0.416 e. The molecule has 2 unspecified atom stereocenters. The summed E-state index contributed by atoms with van der Waals surface area (Å²) in [7, 11) is 0. The van der Waals surface area contributed by atoms with Crippen LogP contribution in [0.25, 0.3) is 0 Å². The molecule has 1 saturated heterocycles. The summed E-state index contributed by atoms with van der Waals surface area (Å²) in [4.78, 5) is 3.76. The summed E-state index contributed by atoms with van der Waals surface area (Å²) >= 11 is 1.74. The number of hydrogen-bond donors (Lipinski definition) is 1. The quantitative estimate of drug-likeness (QED) is 0.890. The molecule has 0 aliphatic carbocycles. The van der Waals surface area contributed by atoms with Crippen molar-refractivity contribution >= 4 is 11.8 Å². The van der Waals surface area contributed by atoms with Gasteiger partial charge in [-0.05, 0) is 35.5 Å². The van der Waals surface area contributed by atoms with Crippen molar-refractivity contribution in [2.24, 2.45) is 11.7 Å². The molecule has 1 fully saturated rings. The molecular weight excluding hydrogens is 249 g/mol. The smallest absolute Gasteiger partial charge is 0.324 e. The zero-order valence-electron chi connectivity index (χ0n) is 9.07. The highest BCUT2D eigenvalue weighted by atomic mass is 32.2. The maximum absolute atomic E-state index is 12.8. The summed E-state index contributed by atoms with van der Waals surface area (Å²) in [5.74, 6) is 1.91. The Hall–Kier alpha value is -0.750. The first-order valence-electron chi connectivity index (χ1n) is 5.34. The van der Waals surface area contributed by atoms with Gasteiger partial charge in [-0.1, -0.05) is 0 Å². The van der Waals surface area contributed by atoms with E-state index in [-0.39, 0.29) is 11.5 Å². The minimum atomic E-state index is -4.36. The zero-order valence-corrected chi connectivity index (χ0v) is 9.89. The van der Waals surface area contributed by atoms with Gasteiger partial charge in [0.25, 0.3) is 0 Å². The third-order valence-corrected chi connectivity index (χ3v) is 4.18. The van der Waals surface area contributed by atoms with Crippen molar-refractivity contribution in [3.05, 3.63) is 29.6 Å². The lowest BCUT2D eigenvalue weighted by Crippen LogP contribution is -2.24. The average molecular weight is 262 g/mol. The van der Waals surface area contributed by atoms with Crippen LogP contribution in [0.1, 0.15) is 23.6 Å². The van der Waals surface area contributed by atoms with Gasteiger partial charge in [0.05, 0.1) is 5.56 Å². The molecule has 0 saturated carbocycles. The van der Waals surface area contributed by atoms with Crippen LogP contribution < -0.4 is 5.73 Å². The second kappa shape index (κ2) is 4.86. The standard InChI is InChI=1S/C11H13F3N2S/c12-11(13,14)9-1-3-16-5-8(9)10(15)7-2-4-17-6-7/h1,3,5,7,10H,2,4,6,15H2. The van der Waals surface area contributed by atoms with E-state index in [0.717, 1.165) is 30.2 Å². The summed E-state index contributed by atoms with van der Waals surface area (Å²) in [5.41, 5.74) is 5.41. The third kappa shape index (κ3) is 2.74. The molecule has 2 heterocycles. The van der Waals surface area contributed by atoms with E-state index < -0.39 is 17.8 Å². The summed E-state index contributed by atoms with van der Waals surface area (Å²) in [6.07, 6.45) is -1.08. The summed E-state index contributed by atoms with van der Waals surface area (Å²) in [6.45, 7) is 0. The molecule has 0 amide bonds. The van der Waals surface area contributed by atoms with E-state index in [1.54, 1.807) is 11.8 Å². The molecule has 0 radical (unpaired) electrons. The lowest BCUT2D eigenvalue weighted by atomic mass is 9.91. The van der Waals surface area contributed by atoms with Crippen LogP contribution in [0.5, 0.6) is 0 Å². The van der Waals surface area contributed by atoms with Gasteiger partial charge >= 0.3 is 6.18 Å². The normalized spacial score (nSPS) is 22.7. The monoisotopic (exact) mass is 262 g/mol. The fraction of sp³-hybridized carbons (Fsp3) is 0.545. The number of nitrogens with two attached hydrogens (primary N) is 1.